The maximum absolute atomic E-state index is 11.4. The molecule has 1 aromatic heterocycles. The smallest absolute Gasteiger partial charge is 0.326 e. The summed E-state index contributed by atoms with van der Waals surface area (Å²) in [5.74, 6) is -2.28. The Morgan fingerprint density at radius 1 is 1.56 bits per heavy atom. The van der Waals surface area contributed by atoms with Crippen LogP contribution in [0, 0.1) is 0 Å². The van der Waals surface area contributed by atoms with E-state index in [4.69, 9.17) is 15.9 Å². The molecule has 9 nitrogen and oxygen atoms in total. The van der Waals surface area contributed by atoms with E-state index in [-0.39, 0.29) is 24.8 Å². The van der Waals surface area contributed by atoms with Crippen molar-refractivity contribution in [2.24, 2.45) is 0 Å². The molecule has 1 heterocycles. The minimum atomic E-state index is -1.24. The van der Waals surface area contributed by atoms with Crippen LogP contribution in [0.25, 0.3) is 0 Å². The molecule has 9 heteroatoms. The van der Waals surface area contributed by atoms with Crippen LogP contribution < -0.4 is 11.1 Å². The monoisotopic (exact) mass is 229 g/mol. The maximum atomic E-state index is 11.4. The summed E-state index contributed by atoms with van der Waals surface area (Å²) in [6.45, 7) is -0.351. The SMILES string of the molecule is Nc1n[nH]c(C(=O)NC(CCO)C(=O)O)n1. The van der Waals surface area contributed by atoms with Crippen molar-refractivity contribution in [3.05, 3.63) is 5.82 Å². The van der Waals surface area contributed by atoms with Crippen LogP contribution in [-0.2, 0) is 4.79 Å². The van der Waals surface area contributed by atoms with E-state index in [0.29, 0.717) is 0 Å². The Balaban J connectivity index is 2.65. The molecule has 6 N–H and O–H groups in total. The summed E-state index contributed by atoms with van der Waals surface area (Å²) in [6.07, 6.45) is -0.0926. The summed E-state index contributed by atoms with van der Waals surface area (Å²) in [7, 11) is 0. The normalized spacial score (nSPS) is 12.1. The summed E-state index contributed by atoms with van der Waals surface area (Å²) < 4.78 is 0. The minimum absolute atomic E-state index is 0.0926. The molecule has 1 aromatic rings. The van der Waals surface area contributed by atoms with Gasteiger partial charge in [0.15, 0.2) is 0 Å². The van der Waals surface area contributed by atoms with Crippen LogP contribution in [0.15, 0.2) is 0 Å². The van der Waals surface area contributed by atoms with Gasteiger partial charge in [0, 0.05) is 13.0 Å². The van der Waals surface area contributed by atoms with Crippen molar-refractivity contribution < 1.29 is 19.8 Å². The molecular weight excluding hydrogens is 218 g/mol. The van der Waals surface area contributed by atoms with Gasteiger partial charge < -0.3 is 21.3 Å². The van der Waals surface area contributed by atoms with Crippen molar-refractivity contribution in [3.63, 3.8) is 0 Å². The Morgan fingerprint density at radius 2 is 2.25 bits per heavy atom. The molecule has 0 fully saturated rings. The highest BCUT2D eigenvalue weighted by Gasteiger charge is 2.21. The van der Waals surface area contributed by atoms with Crippen molar-refractivity contribution >= 4 is 17.8 Å². The van der Waals surface area contributed by atoms with E-state index in [2.05, 4.69) is 20.5 Å². The first-order valence-corrected chi connectivity index (χ1v) is 4.37. The molecule has 88 valence electrons. The fourth-order valence-corrected chi connectivity index (χ4v) is 0.989. The third-order valence-electron chi connectivity index (χ3n) is 1.74. The fourth-order valence-electron chi connectivity index (χ4n) is 0.989. The summed E-state index contributed by atoms with van der Waals surface area (Å²) >= 11 is 0. The first-order chi connectivity index (χ1) is 7.54. The molecule has 0 aliphatic rings. The number of hydrogen-bond donors (Lipinski definition) is 5. The zero-order valence-corrected chi connectivity index (χ0v) is 8.17. The lowest BCUT2D eigenvalue weighted by Crippen LogP contribution is -2.41. The quantitative estimate of drug-likeness (QED) is 0.389. The highest BCUT2D eigenvalue weighted by atomic mass is 16.4. The van der Waals surface area contributed by atoms with Crippen LogP contribution in [0.4, 0.5) is 5.95 Å². The van der Waals surface area contributed by atoms with Crippen molar-refractivity contribution in [1.29, 1.82) is 0 Å². The Hall–Kier alpha value is -2.16. The first-order valence-electron chi connectivity index (χ1n) is 4.37. The van der Waals surface area contributed by atoms with Crippen LogP contribution in [0.5, 0.6) is 0 Å². The number of hydrogen-bond acceptors (Lipinski definition) is 6. The fraction of sp³-hybridized carbons (Fsp3) is 0.429. The van der Waals surface area contributed by atoms with Gasteiger partial charge in [0.2, 0.25) is 11.8 Å². The summed E-state index contributed by atoms with van der Waals surface area (Å²) in [5.41, 5.74) is 5.18. The summed E-state index contributed by atoms with van der Waals surface area (Å²) in [5, 5.41) is 25.1. The number of aliphatic carboxylic acids is 1. The molecule has 0 saturated carbocycles. The van der Waals surface area contributed by atoms with E-state index >= 15 is 0 Å². The number of aliphatic hydroxyl groups is 1. The van der Waals surface area contributed by atoms with Crippen LogP contribution in [0.3, 0.4) is 0 Å². The van der Waals surface area contributed by atoms with Gasteiger partial charge in [0.05, 0.1) is 0 Å². The number of aliphatic hydroxyl groups excluding tert-OH is 1. The molecule has 0 aliphatic carbocycles. The number of amides is 1. The molecule has 1 amide bonds. The van der Waals surface area contributed by atoms with E-state index in [0.717, 1.165) is 0 Å². The number of nitrogen functional groups attached to an aromatic ring is 1. The van der Waals surface area contributed by atoms with Gasteiger partial charge in [0.25, 0.3) is 5.91 Å². The van der Waals surface area contributed by atoms with Gasteiger partial charge in [-0.3, -0.25) is 9.89 Å². The van der Waals surface area contributed by atoms with E-state index in [1.165, 1.54) is 0 Å². The second-order valence-electron chi connectivity index (χ2n) is 2.92. The number of carboxylic acid groups (broad SMARTS) is 1. The van der Waals surface area contributed by atoms with Crippen molar-refractivity contribution in [2.45, 2.75) is 12.5 Å². The number of anilines is 1. The zero-order chi connectivity index (χ0) is 12.1. The topological polar surface area (TPSA) is 154 Å². The second kappa shape index (κ2) is 5.07. The highest BCUT2D eigenvalue weighted by molar-refractivity contribution is 5.93. The molecule has 0 saturated heterocycles. The van der Waals surface area contributed by atoms with E-state index in [1.807, 2.05) is 0 Å². The molecule has 1 unspecified atom stereocenters. The lowest BCUT2D eigenvalue weighted by atomic mass is 10.2. The van der Waals surface area contributed by atoms with Crippen LogP contribution in [0.2, 0.25) is 0 Å². The average Bonchev–Trinajstić information content (AvgIpc) is 2.64. The van der Waals surface area contributed by atoms with Crippen LogP contribution in [-0.4, -0.2) is 49.9 Å². The van der Waals surface area contributed by atoms with Gasteiger partial charge in [-0.1, -0.05) is 0 Å². The average molecular weight is 229 g/mol. The third-order valence-corrected chi connectivity index (χ3v) is 1.74. The number of nitrogens with zero attached hydrogens (tertiary/aromatic N) is 2. The zero-order valence-electron chi connectivity index (χ0n) is 8.17. The van der Waals surface area contributed by atoms with Gasteiger partial charge >= 0.3 is 5.97 Å². The van der Waals surface area contributed by atoms with Gasteiger partial charge in [-0.05, 0) is 0 Å². The Bertz CT molecular complexity index is 390. The molecule has 16 heavy (non-hydrogen) atoms. The van der Waals surface area contributed by atoms with Crippen molar-refractivity contribution in [1.82, 2.24) is 20.5 Å². The van der Waals surface area contributed by atoms with Crippen molar-refractivity contribution in [2.75, 3.05) is 12.3 Å². The van der Waals surface area contributed by atoms with E-state index in [9.17, 15) is 9.59 Å². The van der Waals surface area contributed by atoms with Crippen LogP contribution >= 0.6 is 0 Å². The van der Waals surface area contributed by atoms with Crippen molar-refractivity contribution in [3.8, 4) is 0 Å². The number of carboxylic acids is 1. The van der Waals surface area contributed by atoms with Gasteiger partial charge in [0.1, 0.15) is 6.04 Å². The minimum Gasteiger partial charge on any atom is -0.480 e. The van der Waals surface area contributed by atoms with Gasteiger partial charge in [-0.25, -0.2) is 4.79 Å². The maximum Gasteiger partial charge on any atom is 0.326 e. The largest absolute Gasteiger partial charge is 0.480 e. The summed E-state index contributed by atoms with van der Waals surface area (Å²) in [4.78, 5) is 25.6. The number of H-pyrrole nitrogens is 1. The number of nitrogens with one attached hydrogen (secondary N) is 2. The molecule has 0 aliphatic heterocycles. The predicted octanol–water partition coefficient (Wildman–Crippen LogP) is -2.05. The first kappa shape index (κ1) is 11.9. The Labute approximate surface area is 89.7 Å². The number of nitrogens with two attached hydrogens (primary N) is 1. The van der Waals surface area contributed by atoms with E-state index in [1.54, 1.807) is 0 Å². The number of rotatable bonds is 5. The lowest BCUT2D eigenvalue weighted by molar-refractivity contribution is -0.139. The van der Waals surface area contributed by atoms with Crippen LogP contribution in [0.1, 0.15) is 17.0 Å². The van der Waals surface area contributed by atoms with Gasteiger partial charge in [-0.15, -0.1) is 5.10 Å². The second-order valence-corrected chi connectivity index (χ2v) is 2.92. The molecule has 1 atom stereocenters. The molecule has 0 bridgehead atoms. The van der Waals surface area contributed by atoms with E-state index < -0.39 is 17.9 Å². The Morgan fingerprint density at radius 3 is 2.69 bits per heavy atom. The van der Waals surface area contributed by atoms with Gasteiger partial charge in [-0.2, -0.15) is 4.98 Å². The molecular formula is C7H11N5O4. The number of carbonyl (C=O) groups is 2. The third kappa shape index (κ3) is 2.92. The molecule has 1 rings (SSSR count). The molecule has 0 aromatic carbocycles. The molecule has 0 spiro atoms. The molecule has 0 radical (unpaired) electrons. The Kier molecular flexibility index (Phi) is 3.78. The number of aromatic amines is 1. The number of aromatic nitrogens is 3. The lowest BCUT2D eigenvalue weighted by Gasteiger charge is -2.11. The number of carbonyl (C=O) groups excluding carboxylic acids is 1. The highest BCUT2D eigenvalue weighted by Crippen LogP contribution is 1.96. The predicted molar refractivity (Wildman–Crippen MR) is 51.4 cm³/mol. The standard InChI is InChI=1S/C7H11N5O4/c8-7-10-4(11-12-7)5(14)9-3(1-2-13)6(15)16/h3,13H,1-2H2,(H,9,14)(H,15,16)(H3,8,10,11,12). The summed E-state index contributed by atoms with van der Waals surface area (Å²) in [6, 6.07) is -1.18.